The van der Waals surface area contributed by atoms with Crippen molar-refractivity contribution in [1.82, 2.24) is 10.2 Å². The van der Waals surface area contributed by atoms with Crippen LogP contribution in [0.25, 0.3) is 0 Å². The second kappa shape index (κ2) is 11.4. The molecule has 188 valence electrons. The van der Waals surface area contributed by atoms with Crippen molar-refractivity contribution >= 4 is 23.2 Å². The summed E-state index contributed by atoms with van der Waals surface area (Å²) in [5.74, 6) is 0.662. The number of amides is 2. The van der Waals surface area contributed by atoms with Gasteiger partial charge < -0.3 is 24.7 Å². The molecule has 8 nitrogen and oxygen atoms in total. The lowest BCUT2D eigenvalue weighted by Gasteiger charge is -2.29. The van der Waals surface area contributed by atoms with Crippen molar-refractivity contribution in [3.8, 4) is 0 Å². The van der Waals surface area contributed by atoms with Crippen molar-refractivity contribution in [3.63, 3.8) is 0 Å². The molecule has 2 aliphatic rings. The normalized spacial score (nSPS) is 15.6. The van der Waals surface area contributed by atoms with E-state index in [9.17, 15) is 9.59 Å². The van der Waals surface area contributed by atoms with Gasteiger partial charge >= 0.3 is 0 Å². The molecular formula is C28H32N4O4. The molecule has 2 aromatic carbocycles. The van der Waals surface area contributed by atoms with Crippen LogP contribution in [0, 0.1) is 0 Å². The van der Waals surface area contributed by atoms with E-state index in [0.29, 0.717) is 24.7 Å². The summed E-state index contributed by atoms with van der Waals surface area (Å²) in [4.78, 5) is 29.5. The predicted octanol–water partition coefficient (Wildman–Crippen LogP) is 3.65. The van der Waals surface area contributed by atoms with Crippen LogP contribution in [0.15, 0.2) is 71.3 Å². The number of benzene rings is 2. The van der Waals surface area contributed by atoms with E-state index < -0.39 is 0 Å². The van der Waals surface area contributed by atoms with Gasteiger partial charge in [0.2, 0.25) is 5.91 Å². The first-order valence-corrected chi connectivity index (χ1v) is 12.5. The van der Waals surface area contributed by atoms with Gasteiger partial charge in [-0.15, -0.1) is 0 Å². The van der Waals surface area contributed by atoms with Gasteiger partial charge in [0.05, 0.1) is 32.6 Å². The molecule has 2 N–H and O–H groups in total. The maximum atomic E-state index is 12.9. The highest BCUT2D eigenvalue weighted by atomic mass is 16.5. The zero-order valence-electron chi connectivity index (χ0n) is 20.3. The van der Waals surface area contributed by atoms with Crippen LogP contribution in [-0.4, -0.2) is 55.6 Å². The Morgan fingerprint density at radius 3 is 2.36 bits per heavy atom. The minimum Gasteiger partial charge on any atom is -0.468 e. The number of hydrogen-bond donors (Lipinski definition) is 2. The Morgan fingerprint density at radius 1 is 0.944 bits per heavy atom. The second-order valence-corrected chi connectivity index (χ2v) is 9.36. The van der Waals surface area contributed by atoms with E-state index in [1.54, 1.807) is 6.26 Å². The Labute approximate surface area is 211 Å². The van der Waals surface area contributed by atoms with Crippen molar-refractivity contribution in [2.24, 2.45) is 0 Å². The first-order chi connectivity index (χ1) is 17.6. The number of furan rings is 1. The van der Waals surface area contributed by atoms with E-state index in [-0.39, 0.29) is 18.4 Å². The molecule has 2 heterocycles. The molecule has 2 fully saturated rings. The number of morpholine rings is 1. The smallest absolute Gasteiger partial charge is 0.251 e. The third-order valence-electron chi connectivity index (χ3n) is 6.39. The summed E-state index contributed by atoms with van der Waals surface area (Å²) in [7, 11) is 0. The summed E-state index contributed by atoms with van der Waals surface area (Å²) in [5.41, 5.74) is 3.57. The lowest BCUT2D eigenvalue weighted by molar-refractivity contribution is -0.117. The highest BCUT2D eigenvalue weighted by Gasteiger charge is 2.23. The quantitative estimate of drug-likeness (QED) is 0.453. The van der Waals surface area contributed by atoms with Gasteiger partial charge in [-0.1, -0.05) is 12.1 Å². The maximum Gasteiger partial charge on any atom is 0.251 e. The molecule has 8 heteroatoms. The third kappa shape index (κ3) is 6.74. The van der Waals surface area contributed by atoms with Crippen molar-refractivity contribution < 1.29 is 18.7 Å². The summed E-state index contributed by atoms with van der Waals surface area (Å²) in [6.45, 7) is 4.48. The molecule has 0 spiro atoms. The number of hydrogen-bond acceptors (Lipinski definition) is 6. The first kappa shape index (κ1) is 24.1. The Bertz CT molecular complexity index is 1140. The van der Waals surface area contributed by atoms with Gasteiger partial charge in [-0.3, -0.25) is 14.5 Å². The molecule has 1 aromatic heterocycles. The number of nitrogens with one attached hydrogen (secondary N) is 2. The molecule has 2 amide bonds. The summed E-state index contributed by atoms with van der Waals surface area (Å²) in [6, 6.07) is 19.6. The van der Waals surface area contributed by atoms with Gasteiger partial charge in [0.1, 0.15) is 5.76 Å². The van der Waals surface area contributed by atoms with E-state index in [0.717, 1.165) is 61.8 Å². The molecule has 36 heavy (non-hydrogen) atoms. The predicted molar refractivity (Wildman–Crippen MR) is 138 cm³/mol. The summed E-state index contributed by atoms with van der Waals surface area (Å²) >= 11 is 0. The fourth-order valence-corrected chi connectivity index (χ4v) is 4.29. The van der Waals surface area contributed by atoms with Gasteiger partial charge in [0, 0.05) is 42.6 Å². The van der Waals surface area contributed by atoms with Crippen molar-refractivity contribution in [1.29, 1.82) is 0 Å². The van der Waals surface area contributed by atoms with Crippen LogP contribution >= 0.6 is 0 Å². The minimum absolute atomic E-state index is 0.0319. The zero-order chi connectivity index (χ0) is 24.7. The lowest BCUT2D eigenvalue weighted by atomic mass is 10.1. The average Bonchev–Trinajstić information content (AvgIpc) is 3.56. The number of ether oxygens (including phenoxy) is 1. The highest BCUT2D eigenvalue weighted by Crippen LogP contribution is 2.21. The highest BCUT2D eigenvalue weighted by molar-refractivity contribution is 5.94. The molecule has 1 saturated heterocycles. The Hall–Kier alpha value is -3.62. The van der Waals surface area contributed by atoms with Crippen LogP contribution in [0.1, 0.15) is 34.5 Å². The number of rotatable bonds is 10. The Balaban J connectivity index is 1.19. The third-order valence-corrected chi connectivity index (χ3v) is 6.39. The van der Waals surface area contributed by atoms with Gasteiger partial charge in [0.25, 0.3) is 5.91 Å². The van der Waals surface area contributed by atoms with E-state index in [2.05, 4.69) is 15.5 Å². The standard InChI is InChI=1S/C28H32N4O4/c33-27(29-23-9-11-25(12-10-23)32-13-16-35-17-14-32)20-31(19-26-2-1-15-36-26)18-21-3-5-22(6-4-21)28(34)30-24-7-8-24/h1-6,9-12,15,24H,7-8,13-14,16-20H2,(H,29,33)(H,30,34). The molecular weight excluding hydrogens is 456 g/mol. The number of anilines is 2. The molecule has 0 unspecified atom stereocenters. The molecule has 1 saturated carbocycles. The van der Waals surface area contributed by atoms with E-state index >= 15 is 0 Å². The summed E-state index contributed by atoms with van der Waals surface area (Å²) < 4.78 is 10.9. The SMILES string of the molecule is O=C(CN(Cc1ccc(C(=O)NC2CC2)cc1)Cc1ccco1)Nc1ccc(N2CCOCC2)cc1. The first-order valence-electron chi connectivity index (χ1n) is 12.5. The fraction of sp³-hybridized carbons (Fsp3) is 0.357. The summed E-state index contributed by atoms with van der Waals surface area (Å²) in [5, 5.41) is 6.02. The van der Waals surface area contributed by atoms with Crippen molar-refractivity contribution in [3.05, 3.63) is 83.8 Å². The van der Waals surface area contributed by atoms with Crippen molar-refractivity contribution in [2.75, 3.05) is 43.1 Å². The second-order valence-electron chi connectivity index (χ2n) is 9.36. The fourth-order valence-electron chi connectivity index (χ4n) is 4.29. The van der Waals surface area contributed by atoms with E-state index in [4.69, 9.17) is 9.15 Å². The molecule has 0 radical (unpaired) electrons. The Morgan fingerprint density at radius 2 is 1.69 bits per heavy atom. The molecule has 1 aliphatic carbocycles. The van der Waals surface area contributed by atoms with Gasteiger partial charge in [-0.05, 0) is 66.9 Å². The average molecular weight is 489 g/mol. The maximum absolute atomic E-state index is 12.9. The van der Waals surface area contributed by atoms with Crippen molar-refractivity contribution in [2.45, 2.75) is 32.0 Å². The van der Waals surface area contributed by atoms with Gasteiger partial charge in [-0.25, -0.2) is 0 Å². The van der Waals surface area contributed by atoms with Crippen LogP contribution < -0.4 is 15.5 Å². The number of carbonyl (C=O) groups excluding carboxylic acids is 2. The van der Waals surface area contributed by atoms with Gasteiger partial charge in [-0.2, -0.15) is 0 Å². The number of nitrogens with zero attached hydrogens (tertiary/aromatic N) is 2. The van der Waals surface area contributed by atoms with Crippen LogP contribution in [0.5, 0.6) is 0 Å². The lowest BCUT2D eigenvalue weighted by Crippen LogP contribution is -2.36. The molecule has 3 aromatic rings. The minimum atomic E-state index is -0.0962. The largest absolute Gasteiger partial charge is 0.468 e. The van der Waals surface area contributed by atoms with Gasteiger partial charge in [0.15, 0.2) is 0 Å². The monoisotopic (exact) mass is 488 g/mol. The van der Waals surface area contributed by atoms with Crippen LogP contribution in [0.4, 0.5) is 11.4 Å². The molecule has 1 aliphatic heterocycles. The van der Waals surface area contributed by atoms with Crippen LogP contribution in [0.2, 0.25) is 0 Å². The zero-order valence-corrected chi connectivity index (χ0v) is 20.3. The molecule has 5 rings (SSSR count). The molecule has 0 bridgehead atoms. The Kier molecular flexibility index (Phi) is 7.64. The number of carbonyl (C=O) groups is 2. The van der Waals surface area contributed by atoms with Crippen LogP contribution in [0.3, 0.4) is 0 Å². The van der Waals surface area contributed by atoms with Crippen LogP contribution in [-0.2, 0) is 22.6 Å². The van der Waals surface area contributed by atoms with E-state index in [1.165, 1.54) is 0 Å². The molecule has 0 atom stereocenters. The summed E-state index contributed by atoms with van der Waals surface area (Å²) in [6.07, 6.45) is 3.76. The van der Waals surface area contributed by atoms with E-state index in [1.807, 2.05) is 65.6 Å². The topological polar surface area (TPSA) is 87.0 Å².